The minimum atomic E-state index is -1.23. The van der Waals surface area contributed by atoms with Crippen molar-refractivity contribution in [3.05, 3.63) is 98.7 Å². The molecule has 55 heavy (non-hydrogen) atoms. The smallest absolute Gasteiger partial charge is 0.336 e. The van der Waals surface area contributed by atoms with Gasteiger partial charge in [-0.05, 0) is 12.1 Å². The molecule has 0 aromatic heterocycles. The van der Waals surface area contributed by atoms with E-state index in [4.69, 9.17) is 76.6 Å². The Kier molecular flexibility index (Phi) is 49.1. The Balaban J connectivity index is -0.0000000986. The number of carboxylic acid groups (broad SMARTS) is 7. The quantitative estimate of drug-likeness (QED) is 0.0875. The molecule has 1 aromatic rings. The summed E-state index contributed by atoms with van der Waals surface area (Å²) >= 11 is 0. The summed E-state index contributed by atoms with van der Waals surface area (Å²) in [4.78, 5) is 67.2. The van der Waals surface area contributed by atoms with Crippen LogP contribution in [0, 0.1) is 10.8 Å². The maximum absolute atomic E-state index is 10.5. The summed E-state index contributed by atoms with van der Waals surface area (Å²) in [6, 6.07) is 5.48. The molecule has 15 N–H and O–H groups in total. The Bertz CT molecular complexity index is 1100. The molecule has 0 spiro atoms. The third kappa shape index (κ3) is 45.9. The number of aliphatic carboxylic acids is 5. The Morgan fingerprint density at radius 3 is 0.564 bits per heavy atom. The van der Waals surface area contributed by atoms with E-state index in [0.29, 0.717) is 0 Å². The summed E-state index contributed by atoms with van der Waals surface area (Å²) in [5.41, 5.74) is -2.60. The van der Waals surface area contributed by atoms with Gasteiger partial charge in [0.15, 0.2) is 0 Å². The molecule has 0 fully saturated rings. The molecular weight excluding hydrogens is 748 g/mol. The molecule has 0 heterocycles. The molecule has 0 bridgehead atoms. The van der Waals surface area contributed by atoms with Gasteiger partial charge in [-0.25, -0.2) is 33.6 Å². The topological polar surface area (TPSA) is 423 Å². The molecule has 0 saturated heterocycles. The van der Waals surface area contributed by atoms with Crippen molar-refractivity contribution < 1.29 is 110 Å². The Hall–Kier alpha value is -6.11. The predicted octanol–water partition coefficient (Wildman–Crippen LogP) is -1.75. The summed E-state index contributed by atoms with van der Waals surface area (Å²) in [5, 5.41) is 123. The van der Waals surface area contributed by atoms with Crippen molar-refractivity contribution in [2.24, 2.45) is 10.8 Å². The first kappa shape index (κ1) is 63.9. The van der Waals surface area contributed by atoms with Crippen LogP contribution in [0.25, 0.3) is 0 Å². The molecule has 0 aliphatic heterocycles. The summed E-state index contributed by atoms with van der Waals surface area (Å²) < 4.78 is 0. The highest BCUT2D eigenvalue weighted by atomic mass is 16.4. The first-order chi connectivity index (χ1) is 25.5. The number of hydrogen-bond donors (Lipinski definition) is 15. The van der Waals surface area contributed by atoms with E-state index >= 15 is 0 Å². The van der Waals surface area contributed by atoms with Crippen LogP contribution in [0.15, 0.2) is 87.5 Å². The highest BCUT2D eigenvalue weighted by Gasteiger charge is 2.27. The second-order valence-electron chi connectivity index (χ2n) is 9.13. The van der Waals surface area contributed by atoms with Crippen molar-refractivity contribution in [1.29, 1.82) is 0 Å². The van der Waals surface area contributed by atoms with E-state index in [-0.39, 0.29) is 11.1 Å². The van der Waals surface area contributed by atoms with Gasteiger partial charge in [-0.2, -0.15) is 0 Å². The normalized spacial score (nSPS) is 8.87. The van der Waals surface area contributed by atoms with Crippen LogP contribution >= 0.6 is 0 Å². The van der Waals surface area contributed by atoms with Crippen molar-refractivity contribution in [3.8, 4) is 0 Å². The number of rotatable bonds is 15. The Morgan fingerprint density at radius 1 is 0.382 bits per heavy atom. The lowest BCUT2D eigenvalue weighted by Crippen LogP contribution is -2.37. The van der Waals surface area contributed by atoms with E-state index in [0.717, 1.165) is 30.4 Å². The maximum atomic E-state index is 10.5. The number of benzene rings is 1. The van der Waals surface area contributed by atoms with Gasteiger partial charge in [0.1, 0.15) is 0 Å². The van der Waals surface area contributed by atoms with Gasteiger partial charge in [-0.1, -0.05) is 45.0 Å². The number of aromatic carboxylic acids is 2. The predicted molar refractivity (Wildman–Crippen MR) is 191 cm³/mol. The van der Waals surface area contributed by atoms with E-state index in [9.17, 15) is 33.6 Å². The van der Waals surface area contributed by atoms with Crippen molar-refractivity contribution in [1.82, 2.24) is 0 Å². The standard InChI is InChI=1S/C8H6O4.2C5H12O4.5C3H4O2/c9-7(10)5-3-1-2-4-6(5)8(11)12;2*6-1-5(2-7,3-8)4-9;5*1-2-3(4)5/h1-4H,(H,9,10)(H,11,12);2*6-9H,1-4H2;5*2H,1H2,(H,4,5). The fourth-order valence-electron chi connectivity index (χ4n) is 1.46. The molecule has 0 atom stereocenters. The summed E-state index contributed by atoms with van der Waals surface area (Å²) in [6.45, 7) is 11.6. The van der Waals surface area contributed by atoms with Gasteiger partial charge in [-0.3, -0.25) is 0 Å². The monoisotopic (exact) mass is 798 g/mol. The molecule has 314 valence electrons. The average Bonchev–Trinajstić information content (AvgIpc) is 3.18. The van der Waals surface area contributed by atoms with Crippen molar-refractivity contribution >= 4 is 41.8 Å². The number of aliphatic hydroxyl groups is 8. The molecule has 1 aromatic carbocycles. The summed E-state index contributed by atoms with van der Waals surface area (Å²) in [6.07, 6.45) is 4.17. The van der Waals surface area contributed by atoms with E-state index < -0.39 is 105 Å². The first-order valence-electron chi connectivity index (χ1n) is 14.2. The lowest BCUT2D eigenvalue weighted by molar-refractivity contribution is -0.132. The number of carboxylic acids is 7. The fourth-order valence-corrected chi connectivity index (χ4v) is 1.46. The SMILES string of the molecule is C=CC(=O)O.C=CC(=O)O.C=CC(=O)O.C=CC(=O)O.C=CC(=O)O.O=C(O)c1ccccc1C(=O)O.OCC(CO)(CO)CO.OCC(CO)(CO)CO. The van der Waals surface area contributed by atoms with E-state index in [2.05, 4.69) is 32.9 Å². The molecule has 0 unspecified atom stereocenters. The van der Waals surface area contributed by atoms with Crippen molar-refractivity contribution in [2.45, 2.75) is 0 Å². The van der Waals surface area contributed by atoms with Crippen LogP contribution in [0.3, 0.4) is 0 Å². The lowest BCUT2D eigenvalue weighted by atomic mass is 9.93. The first-order valence-corrected chi connectivity index (χ1v) is 14.2. The van der Waals surface area contributed by atoms with Gasteiger partial charge in [0.25, 0.3) is 0 Å². The van der Waals surface area contributed by atoms with Crippen LogP contribution in [0.5, 0.6) is 0 Å². The molecule has 22 heteroatoms. The zero-order valence-electron chi connectivity index (χ0n) is 29.5. The largest absolute Gasteiger partial charge is 0.478 e. The van der Waals surface area contributed by atoms with E-state index in [1.165, 1.54) is 24.3 Å². The second kappa shape index (κ2) is 42.3. The van der Waals surface area contributed by atoms with Gasteiger partial charge in [-0.15, -0.1) is 0 Å². The van der Waals surface area contributed by atoms with Crippen LogP contribution in [0.1, 0.15) is 20.7 Å². The Morgan fingerprint density at radius 2 is 0.509 bits per heavy atom. The molecule has 0 aliphatic carbocycles. The number of aliphatic hydroxyl groups excluding tert-OH is 8. The highest BCUT2D eigenvalue weighted by molar-refractivity contribution is 6.01. The van der Waals surface area contributed by atoms with E-state index in [1.807, 2.05) is 0 Å². The molecule has 22 nitrogen and oxygen atoms in total. The van der Waals surface area contributed by atoms with Gasteiger partial charge in [0.05, 0.1) is 74.8 Å². The number of hydrogen-bond acceptors (Lipinski definition) is 15. The van der Waals surface area contributed by atoms with Crippen LogP contribution in [-0.2, 0) is 24.0 Å². The molecule has 0 saturated carbocycles. The zero-order chi connectivity index (χ0) is 45.2. The summed E-state index contributed by atoms with van der Waals surface area (Å²) in [7, 11) is 0. The fraction of sp³-hybridized carbons (Fsp3) is 0.303. The lowest BCUT2D eigenvalue weighted by Gasteiger charge is -2.23. The third-order valence-corrected chi connectivity index (χ3v) is 4.94. The van der Waals surface area contributed by atoms with Crippen LogP contribution in [0.4, 0.5) is 0 Å². The van der Waals surface area contributed by atoms with Gasteiger partial charge < -0.3 is 76.6 Å². The molecule has 1 rings (SSSR count). The van der Waals surface area contributed by atoms with Gasteiger partial charge in [0.2, 0.25) is 0 Å². The minimum Gasteiger partial charge on any atom is -0.478 e. The second-order valence-corrected chi connectivity index (χ2v) is 9.13. The van der Waals surface area contributed by atoms with Gasteiger partial charge in [0, 0.05) is 30.4 Å². The van der Waals surface area contributed by atoms with Crippen LogP contribution < -0.4 is 0 Å². The molecule has 0 amide bonds. The van der Waals surface area contributed by atoms with Crippen molar-refractivity contribution in [2.75, 3.05) is 52.9 Å². The molecule has 0 aliphatic rings. The molecule has 0 radical (unpaired) electrons. The third-order valence-electron chi connectivity index (χ3n) is 4.94. The van der Waals surface area contributed by atoms with Gasteiger partial charge >= 0.3 is 41.8 Å². The molecular formula is C33H50O22. The average molecular weight is 799 g/mol. The van der Waals surface area contributed by atoms with Crippen molar-refractivity contribution in [3.63, 3.8) is 0 Å². The minimum absolute atomic E-state index is 0.190. The summed E-state index contributed by atoms with van der Waals surface area (Å²) in [5.74, 6) is -7.36. The highest BCUT2D eigenvalue weighted by Crippen LogP contribution is 2.12. The van der Waals surface area contributed by atoms with E-state index in [1.54, 1.807) is 0 Å². The maximum Gasteiger partial charge on any atom is 0.336 e. The zero-order valence-corrected chi connectivity index (χ0v) is 29.5. The Labute approximate surface area is 314 Å². The van der Waals surface area contributed by atoms with Crippen LogP contribution in [-0.4, -0.2) is 171 Å². The number of carbonyl (C=O) groups is 7. The van der Waals surface area contributed by atoms with Crippen LogP contribution in [0.2, 0.25) is 0 Å².